The second-order valence-electron chi connectivity index (χ2n) is 6.77. The van der Waals surface area contributed by atoms with Gasteiger partial charge in [-0.1, -0.05) is 27.7 Å². The summed E-state index contributed by atoms with van der Waals surface area (Å²) in [6.45, 7) is 8.62. The van der Waals surface area contributed by atoms with Gasteiger partial charge in [-0.15, -0.1) is 0 Å². The van der Waals surface area contributed by atoms with Crippen LogP contribution in [0.5, 0.6) is 0 Å². The molecule has 0 amide bonds. The van der Waals surface area contributed by atoms with Crippen LogP contribution in [0.3, 0.4) is 0 Å². The highest BCUT2D eigenvalue weighted by Crippen LogP contribution is 2.31. The quantitative estimate of drug-likeness (QED) is 0.874. The van der Waals surface area contributed by atoms with Gasteiger partial charge in [-0.2, -0.15) is 0 Å². The minimum atomic E-state index is -0.896. The Bertz CT molecular complexity index is 514. The molecule has 0 aliphatic heterocycles. The van der Waals surface area contributed by atoms with E-state index in [0.717, 1.165) is 18.0 Å². The van der Waals surface area contributed by atoms with Crippen LogP contribution in [-0.2, 0) is 0 Å². The molecule has 2 rings (SSSR count). The lowest BCUT2D eigenvalue weighted by molar-refractivity contribution is 0.0696. The Balaban J connectivity index is 2.20. The highest BCUT2D eigenvalue weighted by atomic mass is 16.4. The van der Waals surface area contributed by atoms with Gasteiger partial charge in [0.25, 0.3) is 0 Å². The molecule has 4 heteroatoms. The number of rotatable bonds is 4. The van der Waals surface area contributed by atoms with Crippen molar-refractivity contribution in [2.45, 2.75) is 58.9 Å². The van der Waals surface area contributed by atoms with E-state index in [9.17, 15) is 9.90 Å². The third kappa shape index (κ3) is 3.96. The van der Waals surface area contributed by atoms with Crippen LogP contribution in [0, 0.1) is 11.8 Å². The zero-order valence-electron chi connectivity index (χ0n) is 13.4. The molecule has 1 fully saturated rings. The molecule has 21 heavy (non-hydrogen) atoms. The third-order valence-electron chi connectivity index (χ3n) is 4.45. The Kier molecular flexibility index (Phi) is 4.86. The molecule has 116 valence electrons. The first-order valence-electron chi connectivity index (χ1n) is 7.88. The van der Waals surface area contributed by atoms with Gasteiger partial charge in [-0.25, -0.2) is 9.78 Å². The molecule has 2 N–H and O–H groups in total. The molecule has 0 spiro atoms. The van der Waals surface area contributed by atoms with Gasteiger partial charge >= 0.3 is 5.97 Å². The number of hydrogen-bond acceptors (Lipinski definition) is 3. The predicted octanol–water partition coefficient (Wildman–Crippen LogP) is 4.14. The van der Waals surface area contributed by atoms with E-state index in [0.29, 0.717) is 23.3 Å². The van der Waals surface area contributed by atoms with Crippen molar-refractivity contribution < 1.29 is 9.90 Å². The molecule has 1 aromatic rings. The molecular formula is C17H26N2O2. The SMILES string of the molecule is CC1CCC(Nc2cc(C(=O)O)cc(C(C)C)n2)C(C)C1. The maximum atomic E-state index is 11.3. The van der Waals surface area contributed by atoms with Crippen LogP contribution in [0.25, 0.3) is 0 Å². The Hall–Kier alpha value is -1.58. The van der Waals surface area contributed by atoms with Gasteiger partial charge < -0.3 is 10.4 Å². The average molecular weight is 290 g/mol. The van der Waals surface area contributed by atoms with Crippen molar-refractivity contribution in [1.29, 1.82) is 0 Å². The van der Waals surface area contributed by atoms with Crippen LogP contribution >= 0.6 is 0 Å². The van der Waals surface area contributed by atoms with Crippen LogP contribution in [-0.4, -0.2) is 22.1 Å². The molecule has 0 bridgehead atoms. The van der Waals surface area contributed by atoms with Crippen molar-refractivity contribution in [3.8, 4) is 0 Å². The lowest BCUT2D eigenvalue weighted by Gasteiger charge is -2.33. The summed E-state index contributed by atoms with van der Waals surface area (Å²) in [4.78, 5) is 15.9. The molecule has 1 aliphatic carbocycles. The molecule has 1 aliphatic rings. The van der Waals surface area contributed by atoms with Crippen molar-refractivity contribution in [2.75, 3.05) is 5.32 Å². The second kappa shape index (κ2) is 6.46. The normalized spacial score (nSPS) is 25.9. The molecule has 1 aromatic heterocycles. The van der Waals surface area contributed by atoms with E-state index in [4.69, 9.17) is 0 Å². The van der Waals surface area contributed by atoms with Gasteiger partial charge in [0.15, 0.2) is 0 Å². The number of anilines is 1. The number of hydrogen-bond donors (Lipinski definition) is 2. The van der Waals surface area contributed by atoms with Gasteiger partial charge in [0.2, 0.25) is 0 Å². The summed E-state index contributed by atoms with van der Waals surface area (Å²) in [7, 11) is 0. The fourth-order valence-corrected chi connectivity index (χ4v) is 3.11. The highest BCUT2D eigenvalue weighted by Gasteiger charge is 2.25. The Morgan fingerprint density at radius 1 is 1.33 bits per heavy atom. The summed E-state index contributed by atoms with van der Waals surface area (Å²) in [5.74, 6) is 1.39. The maximum Gasteiger partial charge on any atom is 0.335 e. The largest absolute Gasteiger partial charge is 0.478 e. The minimum Gasteiger partial charge on any atom is -0.478 e. The van der Waals surface area contributed by atoms with E-state index < -0.39 is 5.97 Å². The van der Waals surface area contributed by atoms with Crippen molar-refractivity contribution in [3.63, 3.8) is 0 Å². The van der Waals surface area contributed by atoms with Crippen LogP contribution < -0.4 is 5.32 Å². The number of aromatic carboxylic acids is 1. The lowest BCUT2D eigenvalue weighted by atomic mass is 9.80. The van der Waals surface area contributed by atoms with Gasteiger partial charge in [0, 0.05) is 11.7 Å². The summed E-state index contributed by atoms with van der Waals surface area (Å²) < 4.78 is 0. The number of carbonyl (C=O) groups is 1. The Morgan fingerprint density at radius 2 is 2.05 bits per heavy atom. The molecule has 3 atom stereocenters. The van der Waals surface area contributed by atoms with E-state index in [1.807, 2.05) is 13.8 Å². The molecule has 0 aromatic carbocycles. The number of pyridine rings is 1. The Morgan fingerprint density at radius 3 is 2.62 bits per heavy atom. The summed E-state index contributed by atoms with van der Waals surface area (Å²) in [6.07, 6.45) is 3.56. The average Bonchev–Trinajstić information content (AvgIpc) is 2.41. The highest BCUT2D eigenvalue weighted by molar-refractivity contribution is 5.88. The van der Waals surface area contributed by atoms with E-state index in [1.54, 1.807) is 12.1 Å². The molecule has 0 saturated heterocycles. The van der Waals surface area contributed by atoms with E-state index >= 15 is 0 Å². The first-order valence-corrected chi connectivity index (χ1v) is 7.88. The number of aromatic nitrogens is 1. The number of carboxylic acids is 1. The van der Waals surface area contributed by atoms with Crippen LogP contribution in [0.4, 0.5) is 5.82 Å². The van der Waals surface area contributed by atoms with Crippen molar-refractivity contribution in [1.82, 2.24) is 4.98 Å². The maximum absolute atomic E-state index is 11.3. The second-order valence-corrected chi connectivity index (χ2v) is 6.77. The van der Waals surface area contributed by atoms with Crippen LogP contribution in [0.2, 0.25) is 0 Å². The summed E-state index contributed by atoms with van der Waals surface area (Å²) in [5, 5.41) is 12.7. The minimum absolute atomic E-state index is 0.216. The molecule has 4 nitrogen and oxygen atoms in total. The smallest absolute Gasteiger partial charge is 0.335 e. The van der Waals surface area contributed by atoms with Gasteiger partial charge in [0.05, 0.1) is 5.56 Å². The van der Waals surface area contributed by atoms with Crippen molar-refractivity contribution in [2.24, 2.45) is 11.8 Å². The van der Waals surface area contributed by atoms with Gasteiger partial charge in [0.1, 0.15) is 5.82 Å². The van der Waals surface area contributed by atoms with Crippen LogP contribution in [0.1, 0.15) is 68.9 Å². The van der Waals surface area contributed by atoms with E-state index in [1.165, 1.54) is 12.8 Å². The number of carboxylic acid groups (broad SMARTS) is 1. The molecule has 3 unspecified atom stereocenters. The first kappa shape index (κ1) is 15.8. The molecule has 1 heterocycles. The molecule has 0 radical (unpaired) electrons. The first-order chi connectivity index (χ1) is 9.86. The number of nitrogens with one attached hydrogen (secondary N) is 1. The standard InChI is InChI=1S/C17H26N2O2/c1-10(2)15-8-13(17(20)21)9-16(19-15)18-14-6-5-11(3)7-12(14)4/h8-12,14H,5-7H2,1-4H3,(H,18,19)(H,20,21). The fraction of sp³-hybridized carbons (Fsp3) is 0.647. The summed E-state index contributed by atoms with van der Waals surface area (Å²) in [5.41, 5.74) is 1.14. The monoisotopic (exact) mass is 290 g/mol. The van der Waals surface area contributed by atoms with E-state index in [-0.39, 0.29) is 5.92 Å². The summed E-state index contributed by atoms with van der Waals surface area (Å²) >= 11 is 0. The van der Waals surface area contributed by atoms with Crippen molar-refractivity contribution in [3.05, 3.63) is 23.4 Å². The predicted molar refractivity (Wildman–Crippen MR) is 84.9 cm³/mol. The zero-order chi connectivity index (χ0) is 15.6. The van der Waals surface area contributed by atoms with Gasteiger partial charge in [-0.05, 0) is 49.1 Å². The van der Waals surface area contributed by atoms with Gasteiger partial charge in [-0.3, -0.25) is 0 Å². The van der Waals surface area contributed by atoms with Crippen molar-refractivity contribution >= 4 is 11.8 Å². The lowest BCUT2D eigenvalue weighted by Crippen LogP contribution is -2.33. The topological polar surface area (TPSA) is 62.2 Å². The van der Waals surface area contributed by atoms with E-state index in [2.05, 4.69) is 24.1 Å². The zero-order valence-corrected chi connectivity index (χ0v) is 13.4. The van der Waals surface area contributed by atoms with Crippen LogP contribution in [0.15, 0.2) is 12.1 Å². The molecule has 1 saturated carbocycles. The summed E-state index contributed by atoms with van der Waals surface area (Å²) in [6, 6.07) is 3.71. The third-order valence-corrected chi connectivity index (χ3v) is 4.45. The Labute approximate surface area is 127 Å². The fourth-order valence-electron chi connectivity index (χ4n) is 3.11. The number of nitrogens with zero attached hydrogens (tertiary/aromatic N) is 1. The molecular weight excluding hydrogens is 264 g/mol.